The average molecular weight is 411 g/mol. The van der Waals surface area contributed by atoms with Gasteiger partial charge in [-0.1, -0.05) is 24.3 Å². The molecule has 1 aromatic carbocycles. The van der Waals surface area contributed by atoms with Crippen molar-refractivity contribution in [2.24, 2.45) is 0 Å². The lowest BCUT2D eigenvalue weighted by Gasteiger charge is -2.30. The summed E-state index contributed by atoms with van der Waals surface area (Å²) in [6.07, 6.45) is 0.554. The Balaban J connectivity index is 1.14. The zero-order valence-electron chi connectivity index (χ0n) is 16.5. The molecule has 1 fully saturated rings. The van der Waals surface area contributed by atoms with Gasteiger partial charge in [0.15, 0.2) is 5.60 Å². The molecule has 1 amide bonds. The normalized spacial score (nSPS) is 21.2. The number of nitrogens with one attached hydrogen (secondary N) is 2. The second-order valence-electron chi connectivity index (χ2n) is 8.26. The molecule has 1 unspecified atom stereocenters. The van der Waals surface area contributed by atoms with Crippen LogP contribution in [0, 0.1) is 0 Å². The van der Waals surface area contributed by atoms with Gasteiger partial charge in [0.2, 0.25) is 0 Å². The zero-order chi connectivity index (χ0) is 20.7. The number of β-amino-alcohol motifs (C(OH)–C–C–N with tert-alkyl or cyclic N) is 1. The van der Waals surface area contributed by atoms with Crippen molar-refractivity contribution >= 4 is 11.6 Å². The fourth-order valence-corrected chi connectivity index (χ4v) is 4.03. The molecule has 9 heteroatoms. The summed E-state index contributed by atoms with van der Waals surface area (Å²) in [7, 11) is 0. The zero-order valence-corrected chi connectivity index (χ0v) is 16.5. The molecule has 0 radical (unpaired) electrons. The molecule has 2 aliphatic heterocycles. The van der Waals surface area contributed by atoms with Crippen LogP contribution in [0.25, 0.3) is 0 Å². The monoisotopic (exact) mass is 411 g/mol. The van der Waals surface area contributed by atoms with E-state index in [-0.39, 0.29) is 24.0 Å². The maximum atomic E-state index is 12.1. The second kappa shape index (κ2) is 7.59. The van der Waals surface area contributed by atoms with Crippen molar-refractivity contribution in [1.29, 1.82) is 0 Å². The number of carbonyl (C=O) groups excluding carboxylic acids is 1. The van der Waals surface area contributed by atoms with Crippen LogP contribution in [0.3, 0.4) is 0 Å². The Morgan fingerprint density at radius 2 is 2.03 bits per heavy atom. The van der Waals surface area contributed by atoms with Crippen molar-refractivity contribution in [2.75, 3.05) is 25.0 Å². The molecule has 3 aliphatic rings. The number of benzene rings is 1. The van der Waals surface area contributed by atoms with Crippen LogP contribution < -0.4 is 15.4 Å². The number of carbonyl (C=O) groups is 1. The number of fused-ring (bicyclic) bond motifs is 2. The standard InChI is InChI=1S/C21H25N5O4/c27-15(12-26-8-5-13-3-1-2-4-14(13)11-26)10-22-18(28)16-9-17-19(25-24-16)30-21(6-7-21)20(29)23-17/h1-4,9,15,18,22,27-28H,5-8,10-12H2,(H,23,29)/t15-,18?/m0/s1. The smallest absolute Gasteiger partial charge is 0.268 e. The second-order valence-corrected chi connectivity index (χ2v) is 8.26. The summed E-state index contributed by atoms with van der Waals surface area (Å²) in [5.74, 6) is 0.0865. The molecule has 1 aromatic heterocycles. The molecule has 4 N–H and O–H groups in total. The van der Waals surface area contributed by atoms with Crippen molar-refractivity contribution in [2.45, 2.75) is 43.7 Å². The van der Waals surface area contributed by atoms with Crippen LogP contribution in [-0.4, -0.2) is 62.6 Å². The van der Waals surface area contributed by atoms with Gasteiger partial charge in [-0.25, -0.2) is 0 Å². The van der Waals surface area contributed by atoms with E-state index < -0.39 is 17.9 Å². The quantitative estimate of drug-likeness (QED) is 0.503. The highest BCUT2D eigenvalue weighted by atomic mass is 16.5. The summed E-state index contributed by atoms with van der Waals surface area (Å²) in [4.78, 5) is 14.3. The number of anilines is 1. The Hall–Kier alpha value is -2.59. The number of aliphatic hydroxyl groups excluding tert-OH is 2. The Morgan fingerprint density at radius 1 is 1.23 bits per heavy atom. The number of ether oxygens (including phenoxy) is 1. The molecule has 1 saturated carbocycles. The molecule has 30 heavy (non-hydrogen) atoms. The third kappa shape index (κ3) is 3.77. The van der Waals surface area contributed by atoms with Crippen LogP contribution in [-0.2, 0) is 17.8 Å². The molecular formula is C21H25N5O4. The molecular weight excluding hydrogens is 386 g/mol. The summed E-state index contributed by atoms with van der Waals surface area (Å²) < 4.78 is 5.65. The van der Waals surface area contributed by atoms with E-state index in [4.69, 9.17) is 4.74 Å². The minimum Gasteiger partial charge on any atom is -0.458 e. The van der Waals surface area contributed by atoms with Crippen LogP contribution in [0.15, 0.2) is 30.3 Å². The molecule has 9 nitrogen and oxygen atoms in total. The first-order chi connectivity index (χ1) is 14.5. The van der Waals surface area contributed by atoms with Crippen LogP contribution in [0.1, 0.15) is 35.9 Å². The van der Waals surface area contributed by atoms with Crippen molar-refractivity contribution in [3.05, 3.63) is 47.2 Å². The lowest BCUT2D eigenvalue weighted by atomic mass is 10.00. The fourth-order valence-electron chi connectivity index (χ4n) is 4.03. The Labute approximate surface area is 174 Å². The van der Waals surface area contributed by atoms with Gasteiger partial charge in [0.1, 0.15) is 17.6 Å². The Bertz CT molecular complexity index is 964. The first kappa shape index (κ1) is 19.4. The first-order valence-corrected chi connectivity index (χ1v) is 10.3. The summed E-state index contributed by atoms with van der Waals surface area (Å²) in [5.41, 5.74) is 2.54. The minimum absolute atomic E-state index is 0.185. The van der Waals surface area contributed by atoms with Crippen LogP contribution in [0.2, 0.25) is 0 Å². The van der Waals surface area contributed by atoms with Crippen LogP contribution >= 0.6 is 0 Å². The molecule has 2 atom stereocenters. The summed E-state index contributed by atoms with van der Waals surface area (Å²) in [5, 5.41) is 34.4. The predicted molar refractivity (Wildman–Crippen MR) is 108 cm³/mol. The van der Waals surface area contributed by atoms with Gasteiger partial charge >= 0.3 is 0 Å². The van der Waals surface area contributed by atoms with Gasteiger partial charge in [0.05, 0.1) is 6.10 Å². The number of rotatable bonds is 6. The van der Waals surface area contributed by atoms with E-state index >= 15 is 0 Å². The molecule has 3 heterocycles. The van der Waals surface area contributed by atoms with Gasteiger partial charge in [0, 0.05) is 39.0 Å². The van der Waals surface area contributed by atoms with E-state index in [0.717, 1.165) is 19.5 Å². The van der Waals surface area contributed by atoms with Crippen molar-refractivity contribution < 1.29 is 19.7 Å². The molecule has 158 valence electrons. The number of nitrogens with zero attached hydrogens (tertiary/aromatic N) is 3. The number of hydrogen-bond donors (Lipinski definition) is 4. The minimum atomic E-state index is -1.12. The maximum absolute atomic E-state index is 12.1. The van der Waals surface area contributed by atoms with Gasteiger partial charge in [-0.15, -0.1) is 10.2 Å². The number of amides is 1. The Kier molecular flexibility index (Phi) is 4.90. The maximum Gasteiger partial charge on any atom is 0.268 e. The van der Waals surface area contributed by atoms with Gasteiger partial charge in [-0.05, 0) is 23.6 Å². The Morgan fingerprint density at radius 3 is 2.83 bits per heavy atom. The van der Waals surface area contributed by atoms with E-state index in [9.17, 15) is 15.0 Å². The van der Waals surface area contributed by atoms with Crippen LogP contribution in [0.4, 0.5) is 5.69 Å². The third-order valence-corrected chi connectivity index (χ3v) is 5.94. The molecule has 2 aromatic rings. The highest BCUT2D eigenvalue weighted by Crippen LogP contribution is 2.45. The average Bonchev–Trinajstić information content (AvgIpc) is 3.53. The largest absolute Gasteiger partial charge is 0.458 e. The fraction of sp³-hybridized carbons (Fsp3) is 0.476. The van der Waals surface area contributed by atoms with Crippen molar-refractivity contribution in [3.8, 4) is 5.88 Å². The highest BCUT2D eigenvalue weighted by Gasteiger charge is 2.56. The lowest BCUT2D eigenvalue weighted by Crippen LogP contribution is -2.41. The highest BCUT2D eigenvalue weighted by molar-refractivity contribution is 6.02. The summed E-state index contributed by atoms with van der Waals surface area (Å²) >= 11 is 0. The molecule has 1 spiro atoms. The van der Waals surface area contributed by atoms with Crippen molar-refractivity contribution in [1.82, 2.24) is 20.4 Å². The lowest BCUT2D eigenvalue weighted by molar-refractivity contribution is -0.125. The van der Waals surface area contributed by atoms with E-state index in [1.807, 2.05) is 6.07 Å². The van der Waals surface area contributed by atoms with Gasteiger partial charge in [-0.3, -0.25) is 15.0 Å². The summed E-state index contributed by atoms with van der Waals surface area (Å²) in [6, 6.07) is 9.91. The van der Waals surface area contributed by atoms with E-state index in [1.165, 1.54) is 11.1 Å². The number of hydrogen-bond acceptors (Lipinski definition) is 8. The molecule has 0 bridgehead atoms. The molecule has 1 aliphatic carbocycles. The number of aromatic nitrogens is 2. The van der Waals surface area contributed by atoms with Gasteiger partial charge < -0.3 is 20.3 Å². The number of aliphatic hydroxyl groups is 2. The SMILES string of the molecule is O=C1Nc2cc(C(O)NC[C@H](O)CN3CCc4ccccc4C3)nnc2OC12CC2. The van der Waals surface area contributed by atoms with Crippen molar-refractivity contribution in [3.63, 3.8) is 0 Å². The van der Waals surface area contributed by atoms with Gasteiger partial charge in [0.25, 0.3) is 11.8 Å². The predicted octanol–water partition coefficient (Wildman–Crippen LogP) is 0.340. The van der Waals surface area contributed by atoms with E-state index in [0.29, 0.717) is 25.1 Å². The topological polar surface area (TPSA) is 120 Å². The van der Waals surface area contributed by atoms with E-state index in [2.05, 4.69) is 43.9 Å². The molecule has 5 rings (SSSR count). The van der Waals surface area contributed by atoms with Crippen LogP contribution in [0.5, 0.6) is 5.88 Å². The summed E-state index contributed by atoms with van der Waals surface area (Å²) in [6.45, 7) is 2.42. The van der Waals surface area contributed by atoms with Gasteiger partial charge in [-0.2, -0.15) is 0 Å². The first-order valence-electron chi connectivity index (χ1n) is 10.3. The van der Waals surface area contributed by atoms with E-state index in [1.54, 1.807) is 6.07 Å². The third-order valence-electron chi connectivity index (χ3n) is 5.94. The molecule has 0 saturated heterocycles.